The minimum atomic E-state index is -1.16. The van der Waals surface area contributed by atoms with Gasteiger partial charge in [-0.05, 0) is 12.8 Å². The maximum atomic E-state index is 11.2. The van der Waals surface area contributed by atoms with Gasteiger partial charge in [0.25, 0.3) is 0 Å². The van der Waals surface area contributed by atoms with Crippen LogP contribution in [0.25, 0.3) is 0 Å². The first-order valence-corrected chi connectivity index (χ1v) is 9.50. The third-order valence-electron chi connectivity index (χ3n) is 3.91. The average molecular weight is 407 g/mol. The number of nitrogens with two attached hydrogens (primary N) is 1. The van der Waals surface area contributed by atoms with Crippen LogP contribution < -0.4 is 11.1 Å². The van der Waals surface area contributed by atoms with Crippen LogP contribution in [0, 0.1) is 0 Å². The minimum absolute atomic E-state index is 0.118. The van der Waals surface area contributed by atoms with Gasteiger partial charge < -0.3 is 30.7 Å². The Labute approximate surface area is 160 Å². The SMILES string of the molecule is CCCSc1nc(Cl)c(N)c(N[C@@H]2C[C@H](OCC(=O)OC)[C@H](O)[C@H]2O)n1. The Morgan fingerprint density at radius 2 is 2.15 bits per heavy atom. The number of ether oxygens (including phenoxy) is 2. The lowest BCUT2D eigenvalue weighted by Crippen LogP contribution is -2.37. The second-order valence-corrected chi connectivity index (χ2v) is 7.22. The van der Waals surface area contributed by atoms with E-state index in [-0.39, 0.29) is 29.7 Å². The maximum absolute atomic E-state index is 11.2. The summed E-state index contributed by atoms with van der Waals surface area (Å²) >= 11 is 7.50. The number of carbonyl (C=O) groups excluding carboxylic acids is 1. The summed E-state index contributed by atoms with van der Waals surface area (Å²) in [7, 11) is 1.24. The first kappa shape index (κ1) is 21.0. The number of anilines is 2. The van der Waals surface area contributed by atoms with Crippen molar-refractivity contribution in [3.05, 3.63) is 5.15 Å². The Kier molecular flexibility index (Phi) is 7.71. The molecule has 1 saturated carbocycles. The van der Waals surface area contributed by atoms with E-state index in [1.165, 1.54) is 18.9 Å². The smallest absolute Gasteiger partial charge is 0.331 e. The van der Waals surface area contributed by atoms with Gasteiger partial charge in [-0.15, -0.1) is 0 Å². The number of nitrogens with zero attached hydrogens (tertiary/aromatic N) is 2. The molecule has 146 valence electrons. The number of carbonyl (C=O) groups is 1. The molecule has 0 unspecified atom stereocenters. The third kappa shape index (κ3) is 5.10. The predicted molar refractivity (Wildman–Crippen MR) is 98.3 cm³/mol. The Balaban J connectivity index is 2.07. The quantitative estimate of drug-likeness (QED) is 0.211. The van der Waals surface area contributed by atoms with E-state index in [1.807, 2.05) is 6.92 Å². The molecule has 2 rings (SSSR count). The Morgan fingerprint density at radius 1 is 1.42 bits per heavy atom. The maximum Gasteiger partial charge on any atom is 0.331 e. The van der Waals surface area contributed by atoms with Crippen LogP contribution in [0.1, 0.15) is 19.8 Å². The number of aliphatic hydroxyl groups excluding tert-OH is 2. The molecule has 1 fully saturated rings. The molecule has 5 N–H and O–H groups in total. The van der Waals surface area contributed by atoms with Gasteiger partial charge in [0.05, 0.1) is 19.3 Å². The van der Waals surface area contributed by atoms with Gasteiger partial charge >= 0.3 is 5.97 Å². The van der Waals surface area contributed by atoms with Crippen molar-refractivity contribution in [3.63, 3.8) is 0 Å². The number of methoxy groups -OCH3 is 1. The molecule has 9 nitrogen and oxygen atoms in total. The van der Waals surface area contributed by atoms with E-state index >= 15 is 0 Å². The standard InChI is InChI=1S/C15H23ClN4O5S/c1-3-4-26-15-19-13(16)10(17)14(20-15)18-7-5-8(12(23)11(7)22)25-6-9(21)24-2/h7-8,11-12,22-23H,3-6,17H2,1-2H3,(H,18,19,20)/t7-,8+,11+,12+/m1/s1. The van der Waals surface area contributed by atoms with Gasteiger partial charge in [0, 0.05) is 5.75 Å². The highest BCUT2D eigenvalue weighted by Gasteiger charge is 2.43. The number of aliphatic hydroxyl groups is 2. The number of nitrogens with one attached hydrogen (secondary N) is 1. The average Bonchev–Trinajstić information content (AvgIpc) is 2.89. The monoisotopic (exact) mass is 406 g/mol. The number of esters is 1. The molecule has 0 amide bonds. The van der Waals surface area contributed by atoms with Crippen molar-refractivity contribution in [1.29, 1.82) is 0 Å². The van der Waals surface area contributed by atoms with E-state index in [0.29, 0.717) is 5.16 Å². The van der Waals surface area contributed by atoms with Crippen molar-refractivity contribution in [2.75, 3.05) is 30.5 Å². The van der Waals surface area contributed by atoms with Crippen LogP contribution in [-0.2, 0) is 14.3 Å². The fourth-order valence-electron chi connectivity index (χ4n) is 2.50. The molecule has 1 aromatic rings. The van der Waals surface area contributed by atoms with Crippen molar-refractivity contribution in [2.24, 2.45) is 0 Å². The van der Waals surface area contributed by atoms with Crippen LogP contribution >= 0.6 is 23.4 Å². The molecular weight excluding hydrogens is 384 g/mol. The lowest BCUT2D eigenvalue weighted by molar-refractivity contribution is -0.150. The van der Waals surface area contributed by atoms with E-state index in [0.717, 1.165) is 12.2 Å². The topological polar surface area (TPSA) is 140 Å². The van der Waals surface area contributed by atoms with E-state index < -0.39 is 30.3 Å². The Morgan fingerprint density at radius 3 is 2.81 bits per heavy atom. The number of hydrogen-bond acceptors (Lipinski definition) is 10. The Bertz CT molecular complexity index is 638. The fourth-order valence-corrected chi connectivity index (χ4v) is 3.42. The summed E-state index contributed by atoms with van der Waals surface area (Å²) in [6.07, 6.45) is -1.82. The van der Waals surface area contributed by atoms with Crippen molar-refractivity contribution in [3.8, 4) is 0 Å². The molecule has 1 aliphatic rings. The van der Waals surface area contributed by atoms with Crippen LogP contribution in [0.2, 0.25) is 5.15 Å². The molecule has 0 saturated heterocycles. The van der Waals surface area contributed by atoms with Crippen LogP contribution in [0.5, 0.6) is 0 Å². The third-order valence-corrected chi connectivity index (χ3v) is 5.25. The molecule has 0 aromatic carbocycles. The van der Waals surface area contributed by atoms with Crippen molar-refractivity contribution >= 4 is 40.8 Å². The first-order chi connectivity index (χ1) is 12.4. The van der Waals surface area contributed by atoms with Crippen LogP contribution in [-0.4, -0.2) is 70.0 Å². The molecule has 26 heavy (non-hydrogen) atoms. The zero-order valence-electron chi connectivity index (χ0n) is 14.5. The summed E-state index contributed by atoms with van der Waals surface area (Å²) in [6, 6.07) is -0.579. The van der Waals surface area contributed by atoms with Crippen LogP contribution in [0.3, 0.4) is 0 Å². The number of aromatic nitrogens is 2. The molecule has 4 atom stereocenters. The fraction of sp³-hybridized carbons (Fsp3) is 0.667. The molecule has 1 aliphatic carbocycles. The summed E-state index contributed by atoms with van der Waals surface area (Å²) in [5.41, 5.74) is 6.08. The zero-order chi connectivity index (χ0) is 19.3. The van der Waals surface area contributed by atoms with Crippen molar-refractivity contribution < 1.29 is 24.5 Å². The molecule has 0 aliphatic heterocycles. The number of hydrogen-bond donors (Lipinski definition) is 4. The first-order valence-electron chi connectivity index (χ1n) is 8.14. The molecular formula is C15H23ClN4O5S. The second-order valence-electron chi connectivity index (χ2n) is 5.80. The van der Waals surface area contributed by atoms with Gasteiger partial charge in [-0.1, -0.05) is 30.3 Å². The second kappa shape index (κ2) is 9.56. The largest absolute Gasteiger partial charge is 0.467 e. The number of halogens is 1. The lowest BCUT2D eigenvalue weighted by atomic mass is 10.2. The normalized spacial score (nSPS) is 25.3. The summed E-state index contributed by atoms with van der Waals surface area (Å²) in [5, 5.41) is 24.0. The molecule has 0 bridgehead atoms. The summed E-state index contributed by atoms with van der Waals surface area (Å²) in [5.74, 6) is 0.550. The lowest BCUT2D eigenvalue weighted by Gasteiger charge is -2.19. The van der Waals surface area contributed by atoms with E-state index in [4.69, 9.17) is 22.1 Å². The summed E-state index contributed by atoms with van der Waals surface area (Å²) in [6.45, 7) is 1.73. The highest BCUT2D eigenvalue weighted by molar-refractivity contribution is 7.99. The van der Waals surface area contributed by atoms with Gasteiger partial charge in [0.1, 0.15) is 24.5 Å². The summed E-state index contributed by atoms with van der Waals surface area (Å²) < 4.78 is 9.81. The molecule has 0 radical (unpaired) electrons. The summed E-state index contributed by atoms with van der Waals surface area (Å²) in [4.78, 5) is 19.6. The molecule has 11 heteroatoms. The van der Waals surface area contributed by atoms with E-state index in [9.17, 15) is 15.0 Å². The number of thioether (sulfide) groups is 1. The van der Waals surface area contributed by atoms with Crippen molar-refractivity contribution in [2.45, 2.75) is 49.3 Å². The predicted octanol–water partition coefficient (Wildman–Crippen LogP) is 0.678. The zero-order valence-corrected chi connectivity index (χ0v) is 16.1. The van der Waals surface area contributed by atoms with Crippen LogP contribution in [0.4, 0.5) is 11.5 Å². The van der Waals surface area contributed by atoms with Crippen LogP contribution in [0.15, 0.2) is 5.16 Å². The highest BCUT2D eigenvalue weighted by atomic mass is 35.5. The van der Waals surface area contributed by atoms with E-state index in [1.54, 1.807) is 0 Å². The highest BCUT2D eigenvalue weighted by Crippen LogP contribution is 2.31. The molecule has 1 aromatic heterocycles. The van der Waals surface area contributed by atoms with Crippen molar-refractivity contribution in [1.82, 2.24) is 9.97 Å². The van der Waals surface area contributed by atoms with Gasteiger partial charge in [-0.25, -0.2) is 14.8 Å². The molecule has 0 spiro atoms. The number of rotatable bonds is 8. The van der Waals surface area contributed by atoms with Gasteiger partial charge in [-0.2, -0.15) is 0 Å². The van der Waals surface area contributed by atoms with E-state index in [2.05, 4.69) is 20.0 Å². The van der Waals surface area contributed by atoms with Gasteiger partial charge in [0.15, 0.2) is 16.1 Å². The Hall–Kier alpha value is -1.33. The molecule has 1 heterocycles. The minimum Gasteiger partial charge on any atom is -0.467 e. The van der Waals surface area contributed by atoms with Gasteiger partial charge in [0.2, 0.25) is 0 Å². The van der Waals surface area contributed by atoms with Gasteiger partial charge in [-0.3, -0.25) is 0 Å². The number of nitrogen functional groups attached to an aromatic ring is 1.